The van der Waals surface area contributed by atoms with E-state index in [1.807, 2.05) is 18.2 Å². The molecule has 0 bridgehead atoms. The topological polar surface area (TPSA) is 71.8 Å². The number of rotatable bonds is 6. The Bertz CT molecular complexity index is 967. The van der Waals surface area contributed by atoms with Crippen molar-refractivity contribution in [3.05, 3.63) is 78.3 Å². The average Bonchev–Trinajstić information content (AvgIpc) is 3.26. The van der Waals surface area contributed by atoms with Gasteiger partial charge in [0.25, 0.3) is 11.8 Å². The number of carbonyl (C=O) groups is 2. The summed E-state index contributed by atoms with van der Waals surface area (Å²) in [7, 11) is 0. The predicted octanol–water partition coefficient (Wildman–Crippen LogP) is 3.89. The number of benzene rings is 2. The van der Waals surface area contributed by atoms with E-state index < -0.39 is 0 Å². The molecule has 2 amide bonds. The lowest BCUT2D eigenvalue weighted by atomic mass is 10.1. The highest BCUT2D eigenvalue weighted by molar-refractivity contribution is 6.03. The molecular formula is C22H20N2O4. The van der Waals surface area contributed by atoms with Crippen LogP contribution in [0.4, 0.5) is 11.4 Å². The van der Waals surface area contributed by atoms with Crippen molar-refractivity contribution in [2.75, 3.05) is 23.4 Å². The molecule has 0 saturated carbocycles. The molecule has 28 heavy (non-hydrogen) atoms. The van der Waals surface area contributed by atoms with Gasteiger partial charge in [0.15, 0.2) is 12.4 Å². The Labute approximate surface area is 162 Å². The van der Waals surface area contributed by atoms with E-state index in [0.29, 0.717) is 23.7 Å². The SMILES string of the molecule is O=C(Nc1ccc2c(c1)N(CCCc1ccccc1)C(=O)CO2)c1ccco1. The maximum Gasteiger partial charge on any atom is 0.291 e. The van der Waals surface area contributed by atoms with Crippen molar-refractivity contribution in [3.63, 3.8) is 0 Å². The molecule has 142 valence electrons. The maximum atomic E-state index is 12.4. The third kappa shape index (κ3) is 3.91. The summed E-state index contributed by atoms with van der Waals surface area (Å²) in [6.45, 7) is 0.607. The number of nitrogens with one attached hydrogen (secondary N) is 1. The minimum Gasteiger partial charge on any atom is -0.482 e. The fourth-order valence-corrected chi connectivity index (χ4v) is 3.21. The zero-order chi connectivity index (χ0) is 19.3. The highest BCUT2D eigenvalue weighted by atomic mass is 16.5. The minimum absolute atomic E-state index is 0.0242. The number of furan rings is 1. The largest absolute Gasteiger partial charge is 0.482 e. The van der Waals surface area contributed by atoms with Gasteiger partial charge in [-0.2, -0.15) is 0 Å². The lowest BCUT2D eigenvalue weighted by Gasteiger charge is -2.30. The number of amides is 2. The molecule has 0 fully saturated rings. The molecule has 0 aliphatic carbocycles. The van der Waals surface area contributed by atoms with Crippen LogP contribution < -0.4 is 15.0 Å². The zero-order valence-corrected chi connectivity index (χ0v) is 15.3. The fourth-order valence-electron chi connectivity index (χ4n) is 3.21. The average molecular weight is 376 g/mol. The molecule has 1 aliphatic heterocycles. The van der Waals surface area contributed by atoms with E-state index in [1.165, 1.54) is 11.8 Å². The normalized spacial score (nSPS) is 13.0. The fraction of sp³-hybridized carbons (Fsp3) is 0.182. The molecule has 0 atom stereocenters. The summed E-state index contributed by atoms with van der Waals surface area (Å²) in [5.41, 5.74) is 2.48. The van der Waals surface area contributed by atoms with Gasteiger partial charge in [0.1, 0.15) is 5.75 Å². The first-order chi connectivity index (χ1) is 13.7. The summed E-state index contributed by atoms with van der Waals surface area (Å²) < 4.78 is 10.7. The first kappa shape index (κ1) is 17.9. The van der Waals surface area contributed by atoms with Crippen LogP contribution in [0.3, 0.4) is 0 Å². The molecule has 0 radical (unpaired) electrons. The molecule has 4 rings (SSSR count). The van der Waals surface area contributed by atoms with E-state index >= 15 is 0 Å². The highest BCUT2D eigenvalue weighted by Gasteiger charge is 2.25. The maximum absolute atomic E-state index is 12.4. The Morgan fingerprint density at radius 3 is 2.71 bits per heavy atom. The third-order valence-corrected chi connectivity index (χ3v) is 4.59. The molecule has 2 aromatic carbocycles. The highest BCUT2D eigenvalue weighted by Crippen LogP contribution is 2.35. The lowest BCUT2D eigenvalue weighted by molar-refractivity contribution is -0.121. The zero-order valence-electron chi connectivity index (χ0n) is 15.3. The second-order valence-corrected chi connectivity index (χ2v) is 6.54. The molecule has 6 heteroatoms. The van der Waals surface area contributed by atoms with Crippen molar-refractivity contribution in [1.82, 2.24) is 0 Å². The monoisotopic (exact) mass is 376 g/mol. The smallest absolute Gasteiger partial charge is 0.291 e. The van der Waals surface area contributed by atoms with Gasteiger partial charge in [0.2, 0.25) is 0 Å². The van der Waals surface area contributed by atoms with Gasteiger partial charge in [0, 0.05) is 12.2 Å². The molecule has 1 aromatic heterocycles. The van der Waals surface area contributed by atoms with Crippen molar-refractivity contribution in [2.45, 2.75) is 12.8 Å². The van der Waals surface area contributed by atoms with Crippen LogP contribution in [0, 0.1) is 0 Å². The summed E-state index contributed by atoms with van der Waals surface area (Å²) in [4.78, 5) is 26.3. The number of anilines is 2. The molecule has 0 saturated heterocycles. The van der Waals surface area contributed by atoms with Crippen LogP contribution in [-0.2, 0) is 11.2 Å². The van der Waals surface area contributed by atoms with Gasteiger partial charge < -0.3 is 19.4 Å². The quantitative estimate of drug-likeness (QED) is 0.708. The number of ether oxygens (including phenoxy) is 1. The van der Waals surface area contributed by atoms with E-state index in [-0.39, 0.29) is 24.2 Å². The van der Waals surface area contributed by atoms with Gasteiger partial charge in [-0.25, -0.2) is 0 Å². The van der Waals surface area contributed by atoms with E-state index in [9.17, 15) is 9.59 Å². The number of hydrogen-bond donors (Lipinski definition) is 1. The molecule has 1 N–H and O–H groups in total. The van der Waals surface area contributed by atoms with Gasteiger partial charge in [-0.3, -0.25) is 9.59 Å². The van der Waals surface area contributed by atoms with E-state index in [4.69, 9.17) is 9.15 Å². The Morgan fingerprint density at radius 2 is 1.93 bits per heavy atom. The standard InChI is InChI=1S/C22H20N2O4/c25-21-15-28-19-11-10-17(23-22(26)20-9-5-13-27-20)14-18(19)24(21)12-4-8-16-6-2-1-3-7-16/h1-3,5-7,9-11,13-14H,4,8,12,15H2,(H,23,26). The van der Waals surface area contributed by atoms with Crippen molar-refractivity contribution >= 4 is 23.2 Å². The summed E-state index contributed by atoms with van der Waals surface area (Å²) in [5.74, 6) is 0.429. The molecule has 3 aromatic rings. The van der Waals surface area contributed by atoms with Crippen molar-refractivity contribution in [2.24, 2.45) is 0 Å². The first-order valence-electron chi connectivity index (χ1n) is 9.17. The van der Waals surface area contributed by atoms with Crippen LogP contribution in [0.25, 0.3) is 0 Å². The molecular weight excluding hydrogens is 356 g/mol. The molecule has 2 heterocycles. The van der Waals surface area contributed by atoms with Crippen molar-refractivity contribution in [1.29, 1.82) is 0 Å². The van der Waals surface area contributed by atoms with E-state index in [2.05, 4.69) is 17.4 Å². The van der Waals surface area contributed by atoms with Gasteiger partial charge in [-0.15, -0.1) is 0 Å². The summed E-state index contributed by atoms with van der Waals surface area (Å²) in [6.07, 6.45) is 3.16. The second-order valence-electron chi connectivity index (χ2n) is 6.54. The van der Waals surface area contributed by atoms with Crippen molar-refractivity contribution in [3.8, 4) is 5.75 Å². The molecule has 6 nitrogen and oxygen atoms in total. The van der Waals surface area contributed by atoms with Crippen LogP contribution >= 0.6 is 0 Å². The first-order valence-corrected chi connectivity index (χ1v) is 9.17. The Kier molecular flexibility index (Phi) is 5.10. The number of nitrogens with zero attached hydrogens (tertiary/aromatic N) is 1. The van der Waals surface area contributed by atoms with Crippen LogP contribution in [0.5, 0.6) is 5.75 Å². The number of aryl methyl sites for hydroxylation is 1. The van der Waals surface area contributed by atoms with Crippen LogP contribution in [0.2, 0.25) is 0 Å². The minimum atomic E-state index is -0.344. The van der Waals surface area contributed by atoms with Crippen LogP contribution in [-0.4, -0.2) is 25.0 Å². The van der Waals surface area contributed by atoms with Gasteiger partial charge in [-0.05, 0) is 48.7 Å². The van der Waals surface area contributed by atoms with E-state index in [0.717, 1.165) is 12.8 Å². The predicted molar refractivity (Wildman–Crippen MR) is 106 cm³/mol. The summed E-state index contributed by atoms with van der Waals surface area (Å²) in [5, 5.41) is 2.79. The van der Waals surface area contributed by atoms with Gasteiger partial charge >= 0.3 is 0 Å². The Balaban J connectivity index is 1.48. The summed E-state index contributed by atoms with van der Waals surface area (Å²) in [6, 6.07) is 18.7. The summed E-state index contributed by atoms with van der Waals surface area (Å²) >= 11 is 0. The second kappa shape index (κ2) is 8.00. The van der Waals surface area contributed by atoms with E-state index in [1.54, 1.807) is 35.2 Å². The van der Waals surface area contributed by atoms with Crippen molar-refractivity contribution < 1.29 is 18.7 Å². The lowest BCUT2D eigenvalue weighted by Crippen LogP contribution is -2.39. The Hall–Kier alpha value is -3.54. The molecule has 0 spiro atoms. The molecule has 0 unspecified atom stereocenters. The van der Waals surface area contributed by atoms with Crippen LogP contribution in [0.15, 0.2) is 71.3 Å². The number of fused-ring (bicyclic) bond motifs is 1. The van der Waals surface area contributed by atoms with Crippen LogP contribution in [0.1, 0.15) is 22.5 Å². The number of carbonyl (C=O) groups excluding carboxylic acids is 2. The van der Waals surface area contributed by atoms with Gasteiger partial charge in [-0.1, -0.05) is 30.3 Å². The Morgan fingerprint density at radius 1 is 1.07 bits per heavy atom. The number of hydrogen-bond acceptors (Lipinski definition) is 4. The third-order valence-electron chi connectivity index (χ3n) is 4.59. The molecule has 1 aliphatic rings. The van der Waals surface area contributed by atoms with Gasteiger partial charge in [0.05, 0.1) is 12.0 Å².